The predicted molar refractivity (Wildman–Crippen MR) is 166 cm³/mol. The summed E-state index contributed by atoms with van der Waals surface area (Å²) < 4.78 is 16.4. The van der Waals surface area contributed by atoms with Gasteiger partial charge in [0.2, 0.25) is 5.43 Å². The Morgan fingerprint density at radius 1 is 1.00 bits per heavy atom. The molecule has 3 aromatic carbocycles. The minimum absolute atomic E-state index is 0.0642. The highest BCUT2D eigenvalue weighted by Crippen LogP contribution is 2.38. The number of aromatic nitrogens is 1. The van der Waals surface area contributed by atoms with E-state index in [0.29, 0.717) is 51.3 Å². The van der Waals surface area contributed by atoms with E-state index in [1.165, 1.54) is 12.3 Å². The van der Waals surface area contributed by atoms with Crippen LogP contribution in [0.1, 0.15) is 34.8 Å². The number of carbonyl (C=O) groups is 2. The number of pyridine rings is 1. The standard InChI is InChI=1S/C17H18FN3O3.C14H11Cl2NO2/c18-13-7-11-14(8-15(13)20-5-3-19-4-6-20)21(10-1-2-10)9-12(16(11)22)17(23)24;15-10-5-3-6-11(16)14(10)17-12-7-2-1-4-9(12)8-13(18)19/h7-10,19H,1-6H2,(H,23,24);1-7,17H,8H2,(H,18,19). The predicted octanol–water partition coefficient (Wildman–Crippen LogP) is 5.95. The number of carboxylic acids is 2. The molecule has 1 aromatic heterocycles. The lowest BCUT2D eigenvalue weighted by Crippen LogP contribution is -2.43. The number of benzene rings is 3. The zero-order valence-electron chi connectivity index (χ0n) is 22.9. The van der Waals surface area contributed by atoms with E-state index in [9.17, 15) is 23.9 Å². The van der Waals surface area contributed by atoms with Crippen molar-refractivity contribution in [1.29, 1.82) is 0 Å². The molecule has 43 heavy (non-hydrogen) atoms. The number of hydrogen-bond donors (Lipinski definition) is 4. The molecule has 0 atom stereocenters. The van der Waals surface area contributed by atoms with Crippen molar-refractivity contribution in [3.63, 3.8) is 0 Å². The van der Waals surface area contributed by atoms with Crippen LogP contribution in [0.3, 0.4) is 0 Å². The van der Waals surface area contributed by atoms with Crippen LogP contribution in [0.4, 0.5) is 21.5 Å². The highest BCUT2D eigenvalue weighted by atomic mass is 35.5. The largest absolute Gasteiger partial charge is 0.481 e. The first-order chi connectivity index (χ1) is 20.6. The molecule has 0 spiro atoms. The summed E-state index contributed by atoms with van der Waals surface area (Å²) in [4.78, 5) is 36.5. The summed E-state index contributed by atoms with van der Waals surface area (Å²) in [5.41, 5.74) is 2.08. The minimum Gasteiger partial charge on any atom is -0.481 e. The van der Waals surface area contributed by atoms with Crippen LogP contribution in [0.25, 0.3) is 10.9 Å². The second-order valence-corrected chi connectivity index (χ2v) is 11.1. The van der Waals surface area contributed by atoms with Crippen molar-refractivity contribution < 1.29 is 24.2 Å². The summed E-state index contributed by atoms with van der Waals surface area (Å²) in [6, 6.07) is 15.4. The van der Waals surface area contributed by atoms with E-state index in [0.717, 1.165) is 25.9 Å². The van der Waals surface area contributed by atoms with Gasteiger partial charge < -0.3 is 30.3 Å². The molecular weight excluding hydrogens is 598 g/mol. The van der Waals surface area contributed by atoms with E-state index in [4.69, 9.17) is 28.3 Å². The average Bonchev–Trinajstić information content (AvgIpc) is 3.82. The van der Waals surface area contributed by atoms with Gasteiger partial charge in [0.15, 0.2) is 0 Å². The van der Waals surface area contributed by atoms with Gasteiger partial charge in [-0.1, -0.05) is 47.5 Å². The van der Waals surface area contributed by atoms with Gasteiger partial charge in [0.1, 0.15) is 11.4 Å². The molecule has 0 amide bonds. The van der Waals surface area contributed by atoms with Gasteiger partial charge in [0.05, 0.1) is 33.4 Å². The van der Waals surface area contributed by atoms with Crippen LogP contribution in [0.5, 0.6) is 0 Å². The minimum atomic E-state index is -1.28. The number of hydrogen-bond acceptors (Lipinski definition) is 6. The number of nitrogens with zero attached hydrogens (tertiary/aromatic N) is 2. The van der Waals surface area contributed by atoms with E-state index in [-0.39, 0.29) is 23.4 Å². The summed E-state index contributed by atoms with van der Waals surface area (Å²) in [6.07, 6.45) is 3.23. The first-order valence-electron chi connectivity index (χ1n) is 13.7. The van der Waals surface area contributed by atoms with Crippen molar-refractivity contribution in [3.05, 3.63) is 98.0 Å². The molecule has 12 heteroatoms. The van der Waals surface area contributed by atoms with Crippen LogP contribution >= 0.6 is 23.2 Å². The number of fused-ring (bicyclic) bond motifs is 1. The van der Waals surface area contributed by atoms with Crippen LogP contribution < -0.4 is 21.0 Å². The summed E-state index contributed by atoms with van der Waals surface area (Å²) >= 11 is 12.1. The number of aliphatic carboxylic acids is 1. The van der Waals surface area contributed by atoms with Gasteiger partial charge in [-0.2, -0.15) is 0 Å². The van der Waals surface area contributed by atoms with Gasteiger partial charge >= 0.3 is 11.9 Å². The number of anilines is 3. The maximum absolute atomic E-state index is 14.6. The van der Waals surface area contributed by atoms with E-state index in [1.807, 2.05) is 15.5 Å². The van der Waals surface area contributed by atoms with Crippen molar-refractivity contribution in [1.82, 2.24) is 9.88 Å². The molecule has 0 radical (unpaired) electrons. The molecule has 1 aliphatic heterocycles. The number of para-hydroxylation sites is 2. The smallest absolute Gasteiger partial charge is 0.341 e. The van der Waals surface area contributed by atoms with Crippen molar-refractivity contribution >= 4 is 63.1 Å². The number of carboxylic acid groups (broad SMARTS) is 2. The zero-order valence-corrected chi connectivity index (χ0v) is 24.5. The Balaban J connectivity index is 0.000000177. The SMILES string of the molecule is O=C(O)Cc1ccccc1Nc1c(Cl)cccc1Cl.O=C(O)c1cn(C2CC2)c2cc(N3CCNCC3)c(F)cc2c1=O. The molecule has 224 valence electrons. The Morgan fingerprint density at radius 3 is 2.30 bits per heavy atom. The van der Waals surface area contributed by atoms with Gasteiger partial charge in [-0.3, -0.25) is 9.59 Å². The molecule has 2 aliphatic rings. The lowest BCUT2D eigenvalue weighted by atomic mass is 10.1. The van der Waals surface area contributed by atoms with Gasteiger partial charge in [0, 0.05) is 49.5 Å². The Bertz CT molecular complexity index is 1730. The molecule has 0 unspecified atom stereocenters. The summed E-state index contributed by atoms with van der Waals surface area (Å²) in [7, 11) is 0. The van der Waals surface area contributed by atoms with Gasteiger partial charge in [-0.25, -0.2) is 9.18 Å². The molecule has 0 bridgehead atoms. The van der Waals surface area contributed by atoms with Crippen molar-refractivity contribution in [3.8, 4) is 0 Å². The highest BCUT2D eigenvalue weighted by Gasteiger charge is 2.28. The molecule has 4 aromatic rings. The Kier molecular flexibility index (Phi) is 9.19. The number of rotatable bonds is 7. The third-order valence-electron chi connectivity index (χ3n) is 7.31. The average molecular weight is 628 g/mol. The van der Waals surface area contributed by atoms with E-state index in [1.54, 1.807) is 42.5 Å². The maximum Gasteiger partial charge on any atom is 0.341 e. The van der Waals surface area contributed by atoms with Gasteiger partial charge in [-0.05, 0) is 48.7 Å². The first-order valence-corrected chi connectivity index (χ1v) is 14.5. The molecule has 2 heterocycles. The Hall–Kier alpha value is -4.12. The third-order valence-corrected chi connectivity index (χ3v) is 7.94. The number of piperazine rings is 1. The molecule has 9 nitrogen and oxygen atoms in total. The lowest BCUT2D eigenvalue weighted by Gasteiger charge is -2.30. The van der Waals surface area contributed by atoms with Crippen LogP contribution in [-0.2, 0) is 11.2 Å². The van der Waals surface area contributed by atoms with Crippen LogP contribution in [-0.4, -0.2) is 52.9 Å². The first kappa shape index (κ1) is 30.3. The Morgan fingerprint density at radius 2 is 1.67 bits per heavy atom. The zero-order chi connectivity index (χ0) is 30.7. The number of halogens is 3. The summed E-state index contributed by atoms with van der Waals surface area (Å²) in [6.45, 7) is 2.96. The van der Waals surface area contributed by atoms with Crippen LogP contribution in [0.15, 0.2) is 65.6 Å². The fraction of sp³-hybridized carbons (Fsp3) is 0.258. The quantitative estimate of drug-likeness (QED) is 0.198. The molecular formula is C31H29Cl2FN4O5. The van der Waals surface area contributed by atoms with Gasteiger partial charge in [0.25, 0.3) is 0 Å². The van der Waals surface area contributed by atoms with Gasteiger partial charge in [-0.15, -0.1) is 0 Å². The van der Waals surface area contributed by atoms with E-state index in [2.05, 4.69) is 10.6 Å². The van der Waals surface area contributed by atoms with E-state index < -0.39 is 23.2 Å². The second-order valence-electron chi connectivity index (χ2n) is 10.3. The topological polar surface area (TPSA) is 124 Å². The number of aromatic carboxylic acids is 1. The normalized spacial score (nSPS) is 14.6. The third kappa shape index (κ3) is 6.93. The molecule has 4 N–H and O–H groups in total. The van der Waals surface area contributed by atoms with E-state index >= 15 is 0 Å². The second kappa shape index (κ2) is 13.0. The molecule has 1 saturated carbocycles. The number of nitrogens with one attached hydrogen (secondary N) is 2. The summed E-state index contributed by atoms with van der Waals surface area (Å²) in [5.74, 6) is -2.64. The summed E-state index contributed by atoms with van der Waals surface area (Å²) in [5, 5.41) is 25.6. The van der Waals surface area contributed by atoms with Crippen LogP contribution in [0.2, 0.25) is 10.0 Å². The highest BCUT2D eigenvalue weighted by molar-refractivity contribution is 6.39. The fourth-order valence-electron chi connectivity index (χ4n) is 5.03. The monoisotopic (exact) mass is 626 g/mol. The molecule has 1 aliphatic carbocycles. The lowest BCUT2D eigenvalue weighted by molar-refractivity contribution is -0.136. The molecule has 6 rings (SSSR count). The Labute approximate surface area is 256 Å². The molecule has 1 saturated heterocycles. The van der Waals surface area contributed by atoms with Crippen molar-refractivity contribution in [2.24, 2.45) is 0 Å². The van der Waals surface area contributed by atoms with Crippen molar-refractivity contribution in [2.45, 2.75) is 25.3 Å². The maximum atomic E-state index is 14.6. The van der Waals surface area contributed by atoms with Crippen LogP contribution in [0, 0.1) is 5.82 Å². The van der Waals surface area contributed by atoms with Crippen molar-refractivity contribution in [2.75, 3.05) is 36.4 Å². The fourth-order valence-corrected chi connectivity index (χ4v) is 5.52. The molecule has 2 fully saturated rings.